The topological polar surface area (TPSA) is 80.2 Å². The van der Waals surface area contributed by atoms with Gasteiger partial charge in [-0.1, -0.05) is 115 Å². The molecule has 0 aromatic heterocycles. The second-order valence-electron chi connectivity index (χ2n) is 11.0. The normalized spacial score (nSPS) is 17.6. The van der Waals surface area contributed by atoms with Gasteiger partial charge in [-0.2, -0.15) is 0 Å². The van der Waals surface area contributed by atoms with Crippen molar-refractivity contribution < 1.29 is 19.4 Å². The molecule has 0 aliphatic carbocycles. The van der Waals surface area contributed by atoms with Gasteiger partial charge in [-0.15, -0.1) is 0 Å². The number of carbonyl (C=O) groups excluding carboxylic acids is 1. The molecule has 1 aliphatic rings. The van der Waals surface area contributed by atoms with E-state index >= 15 is 0 Å². The highest BCUT2D eigenvalue weighted by Crippen LogP contribution is 2.43. The minimum atomic E-state index is -1.26. The van der Waals surface area contributed by atoms with E-state index in [1.54, 1.807) is 0 Å². The van der Waals surface area contributed by atoms with Crippen LogP contribution in [0.1, 0.15) is 41.2 Å². The fraction of sp³-hybridized carbons (Fsp3) is 0.179. The summed E-state index contributed by atoms with van der Waals surface area (Å²) >= 11 is 0. The van der Waals surface area contributed by atoms with Crippen molar-refractivity contribution in [2.24, 2.45) is 4.99 Å². The third-order valence-electron chi connectivity index (χ3n) is 7.99. The average molecular weight is 597 g/mol. The van der Waals surface area contributed by atoms with E-state index in [1.165, 1.54) is 0 Å². The van der Waals surface area contributed by atoms with Gasteiger partial charge in [0.15, 0.2) is 11.6 Å². The SMILES string of the molecule is O=C(NCc1cccc2ccccc12)[C@]1(C/C=C/c2ccccc2)N=C(c2ccc(OCCCO)cc2)O[C@@H]1c1ccccc1. The van der Waals surface area contributed by atoms with Crippen molar-refractivity contribution in [3.05, 3.63) is 156 Å². The molecule has 0 bridgehead atoms. The van der Waals surface area contributed by atoms with Crippen LogP contribution in [0.3, 0.4) is 0 Å². The quantitative estimate of drug-likeness (QED) is 0.148. The zero-order chi connectivity index (χ0) is 30.9. The van der Waals surface area contributed by atoms with Crippen LogP contribution in [-0.2, 0) is 16.1 Å². The molecule has 1 amide bonds. The largest absolute Gasteiger partial charge is 0.494 e. The van der Waals surface area contributed by atoms with Crippen molar-refractivity contribution in [2.75, 3.05) is 13.2 Å². The standard InChI is InChI=1S/C39H36N2O4/c42-26-11-27-44-34-23-21-32(22-24-34)37-41-39(25-10-14-29-12-3-1-4-13-29,36(45-37)31-16-5-2-6-17-31)38(43)40-28-33-19-9-18-30-15-7-8-20-35(30)33/h1-10,12-24,36,42H,11,25-28H2,(H,40,43)/b14-10+/t36-,39-/m1/s1. The smallest absolute Gasteiger partial charge is 0.252 e. The molecule has 45 heavy (non-hydrogen) atoms. The fourth-order valence-corrected chi connectivity index (χ4v) is 5.66. The second kappa shape index (κ2) is 14.1. The van der Waals surface area contributed by atoms with E-state index in [0.717, 1.165) is 33.0 Å². The van der Waals surface area contributed by atoms with Crippen molar-refractivity contribution in [1.82, 2.24) is 5.32 Å². The molecule has 1 aliphatic heterocycles. The first kappa shape index (κ1) is 29.9. The minimum absolute atomic E-state index is 0.0764. The number of rotatable bonds is 12. The molecule has 2 atom stereocenters. The van der Waals surface area contributed by atoms with Gasteiger partial charge < -0.3 is 19.9 Å². The van der Waals surface area contributed by atoms with Crippen molar-refractivity contribution in [2.45, 2.75) is 31.0 Å². The summed E-state index contributed by atoms with van der Waals surface area (Å²) in [5.74, 6) is 0.885. The molecule has 0 unspecified atom stereocenters. The van der Waals surface area contributed by atoms with Gasteiger partial charge in [0.05, 0.1) is 6.61 Å². The predicted molar refractivity (Wildman–Crippen MR) is 179 cm³/mol. The van der Waals surface area contributed by atoms with Crippen molar-refractivity contribution >= 4 is 28.7 Å². The van der Waals surface area contributed by atoms with Crippen LogP contribution in [0.2, 0.25) is 0 Å². The summed E-state index contributed by atoms with van der Waals surface area (Å²) in [6.07, 6.45) is 4.27. The Morgan fingerprint density at radius 1 is 0.867 bits per heavy atom. The zero-order valence-electron chi connectivity index (χ0n) is 25.0. The third-order valence-corrected chi connectivity index (χ3v) is 7.99. The van der Waals surface area contributed by atoms with Gasteiger partial charge in [0.1, 0.15) is 5.75 Å². The highest BCUT2D eigenvalue weighted by molar-refractivity contribution is 6.01. The summed E-state index contributed by atoms with van der Waals surface area (Å²) in [7, 11) is 0. The maximum absolute atomic E-state index is 14.5. The Hall–Kier alpha value is -5.20. The van der Waals surface area contributed by atoms with E-state index in [1.807, 2.05) is 121 Å². The number of aliphatic hydroxyl groups is 1. The first-order valence-corrected chi connectivity index (χ1v) is 15.3. The lowest BCUT2D eigenvalue weighted by atomic mass is 9.84. The average Bonchev–Trinajstić information content (AvgIpc) is 3.49. The molecule has 0 saturated heterocycles. The van der Waals surface area contributed by atoms with Crippen LogP contribution >= 0.6 is 0 Å². The van der Waals surface area contributed by atoms with Crippen LogP contribution in [0.5, 0.6) is 5.75 Å². The monoisotopic (exact) mass is 596 g/mol. The van der Waals surface area contributed by atoms with Crippen molar-refractivity contribution in [1.29, 1.82) is 0 Å². The van der Waals surface area contributed by atoms with Crippen LogP contribution in [0.25, 0.3) is 16.8 Å². The van der Waals surface area contributed by atoms with Crippen LogP contribution in [0.4, 0.5) is 0 Å². The number of amides is 1. The molecule has 0 saturated carbocycles. The Bertz CT molecular complexity index is 1780. The number of benzene rings is 5. The summed E-state index contributed by atoms with van der Waals surface area (Å²) < 4.78 is 12.3. The molecule has 0 fully saturated rings. The number of ether oxygens (including phenoxy) is 2. The lowest BCUT2D eigenvalue weighted by molar-refractivity contribution is -0.129. The van der Waals surface area contributed by atoms with Gasteiger partial charge in [0.2, 0.25) is 5.90 Å². The Labute approximate surface area is 263 Å². The van der Waals surface area contributed by atoms with Crippen LogP contribution < -0.4 is 10.1 Å². The van der Waals surface area contributed by atoms with E-state index in [2.05, 4.69) is 23.5 Å². The fourth-order valence-electron chi connectivity index (χ4n) is 5.66. The summed E-state index contributed by atoms with van der Waals surface area (Å²) in [4.78, 5) is 19.6. The first-order valence-electron chi connectivity index (χ1n) is 15.3. The van der Waals surface area contributed by atoms with Gasteiger partial charge in [-0.3, -0.25) is 4.79 Å². The molecule has 2 N–H and O–H groups in total. The van der Waals surface area contributed by atoms with Gasteiger partial charge in [-0.05, 0) is 51.7 Å². The lowest BCUT2D eigenvalue weighted by Crippen LogP contribution is -2.47. The van der Waals surface area contributed by atoms with Gasteiger partial charge in [-0.25, -0.2) is 4.99 Å². The zero-order valence-corrected chi connectivity index (χ0v) is 25.0. The summed E-state index contributed by atoms with van der Waals surface area (Å²) in [6, 6.07) is 41.6. The third kappa shape index (κ3) is 6.82. The molecule has 5 aromatic carbocycles. The Kier molecular flexibility index (Phi) is 9.33. The second-order valence-corrected chi connectivity index (χ2v) is 11.0. The predicted octanol–water partition coefficient (Wildman–Crippen LogP) is 7.28. The maximum atomic E-state index is 14.5. The molecular weight excluding hydrogens is 560 g/mol. The molecule has 6 rings (SSSR count). The highest BCUT2D eigenvalue weighted by Gasteiger charge is 2.52. The van der Waals surface area contributed by atoms with E-state index in [9.17, 15) is 4.79 Å². The number of nitrogens with zero attached hydrogens (tertiary/aromatic N) is 1. The van der Waals surface area contributed by atoms with E-state index in [4.69, 9.17) is 19.6 Å². The Balaban J connectivity index is 1.36. The molecule has 6 nitrogen and oxygen atoms in total. The Morgan fingerprint density at radius 3 is 2.36 bits per heavy atom. The van der Waals surface area contributed by atoms with Gasteiger partial charge >= 0.3 is 0 Å². The summed E-state index contributed by atoms with van der Waals surface area (Å²) in [5, 5.41) is 14.5. The van der Waals surface area contributed by atoms with E-state index in [0.29, 0.717) is 37.6 Å². The number of hydrogen-bond donors (Lipinski definition) is 2. The number of carbonyl (C=O) groups is 1. The number of hydrogen-bond acceptors (Lipinski definition) is 5. The molecule has 0 spiro atoms. The number of aliphatic imine (C=N–C) groups is 1. The molecular formula is C39H36N2O4. The van der Waals surface area contributed by atoms with Gasteiger partial charge in [0, 0.05) is 31.6 Å². The first-order chi connectivity index (χ1) is 22.2. The lowest BCUT2D eigenvalue weighted by Gasteiger charge is -2.30. The van der Waals surface area contributed by atoms with Crippen LogP contribution in [0.15, 0.2) is 138 Å². The number of aliphatic hydroxyl groups excluding tert-OH is 1. The molecule has 1 heterocycles. The summed E-state index contributed by atoms with van der Waals surface area (Å²) in [6.45, 7) is 0.862. The van der Waals surface area contributed by atoms with E-state index in [-0.39, 0.29) is 12.5 Å². The summed E-state index contributed by atoms with van der Waals surface area (Å²) in [5.41, 5.74) is 2.44. The molecule has 226 valence electrons. The number of fused-ring (bicyclic) bond motifs is 1. The minimum Gasteiger partial charge on any atom is -0.494 e. The molecule has 5 aromatic rings. The number of nitrogens with one attached hydrogen (secondary N) is 1. The van der Waals surface area contributed by atoms with Crippen molar-refractivity contribution in [3.63, 3.8) is 0 Å². The van der Waals surface area contributed by atoms with Crippen LogP contribution in [0, 0.1) is 0 Å². The van der Waals surface area contributed by atoms with Crippen molar-refractivity contribution in [3.8, 4) is 5.75 Å². The van der Waals surface area contributed by atoms with E-state index < -0.39 is 11.6 Å². The Morgan fingerprint density at radius 2 is 1.58 bits per heavy atom. The molecule has 0 radical (unpaired) electrons. The highest BCUT2D eigenvalue weighted by atomic mass is 16.5. The van der Waals surface area contributed by atoms with Gasteiger partial charge in [0.25, 0.3) is 5.91 Å². The maximum Gasteiger partial charge on any atom is 0.252 e. The van der Waals surface area contributed by atoms with Crippen LogP contribution in [-0.4, -0.2) is 35.7 Å². The molecule has 6 heteroatoms.